The van der Waals surface area contributed by atoms with Crippen LogP contribution in [0.4, 0.5) is 0 Å². The minimum Gasteiger partial charge on any atom is -0.326 e. The van der Waals surface area contributed by atoms with Crippen LogP contribution < -0.4 is 0 Å². The van der Waals surface area contributed by atoms with Gasteiger partial charge in [0.25, 0.3) is 0 Å². The molecule has 0 fully saturated rings. The average Bonchev–Trinajstić information content (AvgIpc) is 2.77. The van der Waals surface area contributed by atoms with Crippen molar-refractivity contribution in [2.75, 3.05) is 4.43 Å². The van der Waals surface area contributed by atoms with Crippen molar-refractivity contribution in [1.29, 1.82) is 0 Å². The number of hydrogen-bond acceptors (Lipinski definition) is 2. The van der Waals surface area contributed by atoms with E-state index < -0.39 is 0 Å². The van der Waals surface area contributed by atoms with Crippen LogP contribution in [0.1, 0.15) is 33.1 Å². The van der Waals surface area contributed by atoms with Gasteiger partial charge in [-0.3, -0.25) is 0 Å². The SMILES string of the molecule is C=C1N(/C=C\[C@@H](C)CI)C=CN1C1C=C(C)CCC1. The molecule has 2 aliphatic rings. The number of alkyl halides is 1. The quantitative estimate of drug-likeness (QED) is 0.405. The molecule has 1 aliphatic carbocycles. The number of hydrogen-bond donors (Lipinski definition) is 0. The molecule has 2 atom stereocenters. The highest BCUT2D eigenvalue weighted by Gasteiger charge is 2.24. The Morgan fingerprint density at radius 1 is 1.53 bits per heavy atom. The van der Waals surface area contributed by atoms with Crippen molar-refractivity contribution in [2.24, 2.45) is 5.92 Å². The summed E-state index contributed by atoms with van der Waals surface area (Å²) in [7, 11) is 0. The summed E-state index contributed by atoms with van der Waals surface area (Å²) in [6, 6.07) is 0.484. The summed E-state index contributed by atoms with van der Waals surface area (Å²) < 4.78 is 1.15. The summed E-state index contributed by atoms with van der Waals surface area (Å²) in [5.74, 6) is 1.67. The van der Waals surface area contributed by atoms with E-state index in [0.29, 0.717) is 12.0 Å². The molecule has 0 N–H and O–H groups in total. The lowest BCUT2D eigenvalue weighted by Crippen LogP contribution is -2.30. The fraction of sp³-hybridized carbons (Fsp3) is 0.500. The zero-order valence-corrected chi connectivity index (χ0v) is 14.0. The van der Waals surface area contributed by atoms with Crippen LogP contribution in [0, 0.1) is 5.92 Å². The molecule has 0 spiro atoms. The van der Waals surface area contributed by atoms with Crippen LogP contribution in [-0.4, -0.2) is 20.3 Å². The smallest absolute Gasteiger partial charge is 0.109 e. The average molecular weight is 370 g/mol. The Labute approximate surface area is 130 Å². The number of halogens is 1. The molecule has 3 heteroatoms. The molecule has 0 aromatic rings. The molecule has 1 aliphatic heterocycles. The van der Waals surface area contributed by atoms with Gasteiger partial charge in [0.05, 0.1) is 6.04 Å². The Balaban J connectivity index is 2.00. The first-order valence-corrected chi connectivity index (χ1v) is 8.50. The summed E-state index contributed by atoms with van der Waals surface area (Å²) in [6.07, 6.45) is 14.8. The Morgan fingerprint density at radius 3 is 3.00 bits per heavy atom. The molecule has 104 valence electrons. The van der Waals surface area contributed by atoms with E-state index in [1.807, 2.05) is 0 Å². The Morgan fingerprint density at radius 2 is 2.32 bits per heavy atom. The van der Waals surface area contributed by atoms with Crippen molar-refractivity contribution in [3.8, 4) is 0 Å². The standard InChI is InChI=1S/C16H23IN2/c1-13-5-4-6-16(11-13)19-10-9-18(15(19)3)8-7-14(2)12-17/h7-11,14,16H,3-6,12H2,1-2H3/b8-7-/t14-,16?/m1/s1. The van der Waals surface area contributed by atoms with E-state index in [-0.39, 0.29) is 0 Å². The van der Waals surface area contributed by atoms with Gasteiger partial charge in [-0.15, -0.1) is 0 Å². The topological polar surface area (TPSA) is 6.48 Å². The molecule has 2 nitrogen and oxygen atoms in total. The molecule has 0 aromatic carbocycles. The molecule has 1 unspecified atom stereocenters. The lowest BCUT2D eigenvalue weighted by atomic mass is 9.96. The predicted octanol–water partition coefficient (Wildman–Crippen LogP) is 4.63. The third kappa shape index (κ3) is 3.65. The summed E-state index contributed by atoms with van der Waals surface area (Å²) in [4.78, 5) is 4.42. The van der Waals surface area contributed by atoms with Crippen LogP contribution in [0.25, 0.3) is 0 Å². The third-order valence-electron chi connectivity index (χ3n) is 3.71. The Hall–Kier alpha value is -0.710. The molecular formula is C16H23IN2. The van der Waals surface area contributed by atoms with Crippen molar-refractivity contribution < 1.29 is 0 Å². The van der Waals surface area contributed by atoms with Gasteiger partial charge in [-0.2, -0.15) is 0 Å². The van der Waals surface area contributed by atoms with Crippen LogP contribution in [0.3, 0.4) is 0 Å². The fourth-order valence-electron chi connectivity index (χ4n) is 2.48. The Kier molecular flexibility index (Phi) is 5.13. The highest BCUT2D eigenvalue weighted by Crippen LogP contribution is 2.28. The highest BCUT2D eigenvalue weighted by molar-refractivity contribution is 14.1. The molecule has 1 heterocycles. The first kappa shape index (κ1) is 14.7. The second-order valence-electron chi connectivity index (χ2n) is 5.47. The lowest BCUT2D eigenvalue weighted by Gasteiger charge is -2.31. The van der Waals surface area contributed by atoms with Crippen molar-refractivity contribution in [3.05, 3.63) is 48.7 Å². The second kappa shape index (κ2) is 6.64. The largest absolute Gasteiger partial charge is 0.326 e. The van der Waals surface area contributed by atoms with Gasteiger partial charge in [-0.1, -0.05) is 53.8 Å². The van der Waals surface area contributed by atoms with Crippen molar-refractivity contribution >= 4 is 22.6 Å². The number of rotatable bonds is 4. The molecule has 0 aromatic heterocycles. The Bertz CT molecular complexity index is 422. The van der Waals surface area contributed by atoms with E-state index in [1.165, 1.54) is 24.8 Å². The molecular weight excluding hydrogens is 347 g/mol. The highest BCUT2D eigenvalue weighted by atomic mass is 127. The molecule has 2 rings (SSSR count). The van der Waals surface area contributed by atoms with Gasteiger partial charge in [-0.25, -0.2) is 0 Å². The molecule has 0 saturated carbocycles. The maximum atomic E-state index is 4.23. The van der Waals surface area contributed by atoms with Crippen molar-refractivity contribution in [1.82, 2.24) is 9.80 Å². The van der Waals surface area contributed by atoms with Gasteiger partial charge in [-0.05, 0) is 32.1 Å². The maximum Gasteiger partial charge on any atom is 0.109 e. The monoisotopic (exact) mass is 370 g/mol. The molecule has 0 saturated heterocycles. The van der Waals surface area contributed by atoms with Crippen LogP contribution in [-0.2, 0) is 0 Å². The minimum atomic E-state index is 0.484. The normalized spacial score (nSPS) is 25.3. The second-order valence-corrected chi connectivity index (χ2v) is 6.36. The summed E-state index contributed by atoms with van der Waals surface area (Å²) in [5.41, 5.74) is 1.50. The molecule has 19 heavy (non-hydrogen) atoms. The van der Waals surface area contributed by atoms with Gasteiger partial charge in [0.1, 0.15) is 5.82 Å². The minimum absolute atomic E-state index is 0.484. The van der Waals surface area contributed by atoms with Crippen LogP contribution in [0.5, 0.6) is 0 Å². The van der Waals surface area contributed by atoms with E-state index >= 15 is 0 Å². The van der Waals surface area contributed by atoms with Crippen molar-refractivity contribution in [3.63, 3.8) is 0 Å². The van der Waals surface area contributed by atoms with E-state index in [4.69, 9.17) is 0 Å². The van der Waals surface area contributed by atoms with E-state index in [1.54, 1.807) is 0 Å². The van der Waals surface area contributed by atoms with Gasteiger partial charge in [0.2, 0.25) is 0 Å². The first-order chi connectivity index (χ1) is 9.11. The summed E-state index contributed by atoms with van der Waals surface area (Å²) >= 11 is 2.42. The summed E-state index contributed by atoms with van der Waals surface area (Å²) in [6.45, 7) is 8.69. The van der Waals surface area contributed by atoms with Gasteiger partial charge >= 0.3 is 0 Å². The van der Waals surface area contributed by atoms with Gasteiger partial charge < -0.3 is 9.80 Å². The van der Waals surface area contributed by atoms with Crippen molar-refractivity contribution in [2.45, 2.75) is 39.2 Å². The number of allylic oxidation sites excluding steroid dienone is 2. The van der Waals surface area contributed by atoms with E-state index in [9.17, 15) is 0 Å². The number of nitrogens with zero attached hydrogens (tertiary/aromatic N) is 2. The van der Waals surface area contributed by atoms with E-state index in [0.717, 1.165) is 10.2 Å². The lowest BCUT2D eigenvalue weighted by molar-refractivity contribution is 0.329. The van der Waals surface area contributed by atoms with Crippen LogP contribution in [0.15, 0.2) is 48.7 Å². The molecule has 0 bridgehead atoms. The zero-order valence-electron chi connectivity index (χ0n) is 11.8. The van der Waals surface area contributed by atoms with Crippen LogP contribution >= 0.6 is 22.6 Å². The molecule has 0 radical (unpaired) electrons. The first-order valence-electron chi connectivity index (χ1n) is 6.97. The predicted molar refractivity (Wildman–Crippen MR) is 90.5 cm³/mol. The van der Waals surface area contributed by atoms with Gasteiger partial charge in [0, 0.05) is 23.0 Å². The fourth-order valence-corrected chi connectivity index (χ4v) is 2.78. The maximum absolute atomic E-state index is 4.23. The van der Waals surface area contributed by atoms with Gasteiger partial charge in [0.15, 0.2) is 0 Å². The zero-order chi connectivity index (χ0) is 13.8. The van der Waals surface area contributed by atoms with E-state index in [2.05, 4.69) is 83.6 Å². The third-order valence-corrected chi connectivity index (χ3v) is 5.10. The summed E-state index contributed by atoms with van der Waals surface area (Å²) in [5, 5.41) is 0. The molecule has 0 amide bonds. The van der Waals surface area contributed by atoms with Crippen LogP contribution in [0.2, 0.25) is 0 Å².